The highest BCUT2D eigenvalue weighted by Crippen LogP contribution is 2.26. The Balaban J connectivity index is 1.92. The summed E-state index contributed by atoms with van der Waals surface area (Å²) >= 11 is 1.68. The van der Waals surface area contributed by atoms with Crippen molar-refractivity contribution in [2.75, 3.05) is 36.9 Å². The fraction of sp³-hybridized carbons (Fsp3) is 0.875. The van der Waals surface area contributed by atoms with Crippen LogP contribution < -0.4 is 0 Å². The first kappa shape index (κ1) is 20.5. The lowest BCUT2D eigenvalue weighted by atomic mass is 9.95. The molecular formula is C16H28N2O5S2. The van der Waals surface area contributed by atoms with Crippen molar-refractivity contribution in [2.45, 2.75) is 45.1 Å². The van der Waals surface area contributed by atoms with Crippen LogP contribution in [-0.2, 0) is 19.6 Å². The van der Waals surface area contributed by atoms with Crippen LogP contribution in [0.4, 0.5) is 0 Å². The highest BCUT2D eigenvalue weighted by Gasteiger charge is 2.36. The quantitative estimate of drug-likeness (QED) is 0.701. The lowest BCUT2D eigenvalue weighted by molar-refractivity contribution is -0.142. The molecule has 0 aliphatic carbocycles. The Kier molecular flexibility index (Phi) is 7.57. The lowest BCUT2D eigenvalue weighted by Gasteiger charge is -2.39. The Morgan fingerprint density at radius 2 is 1.88 bits per heavy atom. The van der Waals surface area contributed by atoms with Gasteiger partial charge in [0.25, 0.3) is 0 Å². The van der Waals surface area contributed by atoms with E-state index in [1.165, 1.54) is 4.31 Å². The van der Waals surface area contributed by atoms with E-state index in [0.29, 0.717) is 44.6 Å². The molecule has 1 unspecified atom stereocenters. The molecule has 1 amide bonds. The van der Waals surface area contributed by atoms with E-state index in [0.717, 1.165) is 12.2 Å². The number of carboxylic acids is 1. The van der Waals surface area contributed by atoms with Gasteiger partial charge in [-0.05, 0) is 19.3 Å². The molecule has 1 atom stereocenters. The molecule has 7 nitrogen and oxygen atoms in total. The fourth-order valence-corrected chi connectivity index (χ4v) is 6.13. The Morgan fingerprint density at radius 3 is 2.48 bits per heavy atom. The van der Waals surface area contributed by atoms with Crippen molar-refractivity contribution in [1.29, 1.82) is 0 Å². The number of hydrogen-bond donors (Lipinski definition) is 1. The summed E-state index contributed by atoms with van der Waals surface area (Å²) in [4.78, 5) is 25.6. The van der Waals surface area contributed by atoms with Gasteiger partial charge >= 0.3 is 5.97 Å². The van der Waals surface area contributed by atoms with Gasteiger partial charge in [-0.25, -0.2) is 12.7 Å². The van der Waals surface area contributed by atoms with Gasteiger partial charge in [-0.3, -0.25) is 9.59 Å². The number of unbranched alkanes of at least 4 members (excludes halogenated alkanes) is 1. The molecule has 0 aromatic rings. The minimum absolute atomic E-state index is 0.00263. The summed E-state index contributed by atoms with van der Waals surface area (Å²) < 4.78 is 26.0. The smallest absolute Gasteiger partial charge is 0.305 e. The first-order valence-corrected chi connectivity index (χ1v) is 11.7. The maximum Gasteiger partial charge on any atom is 0.305 e. The van der Waals surface area contributed by atoms with Crippen molar-refractivity contribution in [2.24, 2.45) is 5.92 Å². The Morgan fingerprint density at radius 1 is 1.20 bits per heavy atom. The van der Waals surface area contributed by atoms with Gasteiger partial charge in [0.2, 0.25) is 15.9 Å². The number of piperidine rings is 1. The van der Waals surface area contributed by atoms with E-state index >= 15 is 0 Å². The summed E-state index contributed by atoms with van der Waals surface area (Å²) in [5.74, 6) is 0.567. The maximum atomic E-state index is 12.8. The van der Waals surface area contributed by atoms with E-state index in [4.69, 9.17) is 5.11 Å². The number of thioether (sulfide) groups is 1. The number of nitrogens with zero attached hydrogens (tertiary/aromatic N) is 2. The SMILES string of the molecule is CCCCS(=O)(=O)N1CCC(C(=O)N2CCSCC2CC(=O)O)CC1. The second-order valence-electron chi connectivity index (χ2n) is 6.70. The van der Waals surface area contributed by atoms with Crippen LogP contribution >= 0.6 is 11.8 Å². The van der Waals surface area contributed by atoms with E-state index in [2.05, 4.69) is 0 Å². The van der Waals surface area contributed by atoms with Gasteiger partial charge in [0.05, 0.1) is 18.2 Å². The predicted molar refractivity (Wildman–Crippen MR) is 98.1 cm³/mol. The zero-order valence-corrected chi connectivity index (χ0v) is 16.4. The topological polar surface area (TPSA) is 95.0 Å². The number of carbonyl (C=O) groups is 2. The minimum Gasteiger partial charge on any atom is -0.481 e. The molecule has 2 rings (SSSR count). The van der Waals surface area contributed by atoms with Gasteiger partial charge in [-0.15, -0.1) is 0 Å². The maximum absolute atomic E-state index is 12.8. The fourth-order valence-electron chi connectivity index (χ4n) is 3.39. The van der Waals surface area contributed by atoms with Crippen LogP contribution in [0.15, 0.2) is 0 Å². The first-order valence-electron chi connectivity index (χ1n) is 8.93. The standard InChI is InChI=1S/C16H28N2O5S2/c1-2-3-10-25(22,23)17-6-4-13(5-7-17)16(21)18-8-9-24-12-14(18)11-15(19)20/h13-14H,2-12H2,1H3,(H,19,20). The normalized spacial score (nSPS) is 23.6. The van der Waals surface area contributed by atoms with Crippen molar-refractivity contribution >= 4 is 33.7 Å². The number of rotatable bonds is 7. The Labute approximate surface area is 154 Å². The zero-order chi connectivity index (χ0) is 18.4. The van der Waals surface area contributed by atoms with Crippen LogP contribution in [0.1, 0.15) is 39.0 Å². The van der Waals surface area contributed by atoms with Gasteiger partial charge in [-0.2, -0.15) is 11.8 Å². The minimum atomic E-state index is -3.22. The van der Waals surface area contributed by atoms with E-state index in [1.54, 1.807) is 16.7 Å². The number of amides is 1. The second kappa shape index (κ2) is 9.23. The van der Waals surface area contributed by atoms with Crippen molar-refractivity contribution < 1.29 is 23.1 Å². The van der Waals surface area contributed by atoms with Gasteiger partial charge in [0.15, 0.2) is 0 Å². The Bertz CT molecular complexity index is 573. The van der Waals surface area contributed by atoms with Crippen LogP contribution in [-0.4, -0.2) is 77.5 Å². The summed E-state index contributed by atoms with van der Waals surface area (Å²) in [6, 6.07) is -0.255. The molecule has 2 aliphatic heterocycles. The first-order chi connectivity index (χ1) is 11.8. The molecule has 0 bridgehead atoms. The van der Waals surface area contributed by atoms with Gasteiger partial charge < -0.3 is 10.0 Å². The van der Waals surface area contributed by atoms with E-state index in [1.807, 2.05) is 6.92 Å². The van der Waals surface area contributed by atoms with Crippen molar-refractivity contribution in [3.05, 3.63) is 0 Å². The third kappa shape index (κ3) is 5.59. The molecule has 2 saturated heterocycles. The molecule has 9 heteroatoms. The number of sulfonamides is 1. The van der Waals surface area contributed by atoms with E-state index in [-0.39, 0.29) is 30.0 Å². The molecular weight excluding hydrogens is 364 g/mol. The molecule has 1 N–H and O–H groups in total. The van der Waals surface area contributed by atoms with Crippen LogP contribution in [0, 0.1) is 5.92 Å². The molecule has 144 valence electrons. The molecule has 0 aromatic carbocycles. The predicted octanol–water partition coefficient (Wildman–Crippen LogP) is 1.25. The van der Waals surface area contributed by atoms with Gasteiger partial charge in [0, 0.05) is 37.1 Å². The van der Waals surface area contributed by atoms with Crippen molar-refractivity contribution in [1.82, 2.24) is 9.21 Å². The van der Waals surface area contributed by atoms with Crippen LogP contribution in [0.5, 0.6) is 0 Å². The zero-order valence-electron chi connectivity index (χ0n) is 14.7. The average molecular weight is 393 g/mol. The summed E-state index contributed by atoms with van der Waals surface area (Å²) in [5, 5.41) is 9.05. The van der Waals surface area contributed by atoms with Crippen LogP contribution in [0.2, 0.25) is 0 Å². The summed E-state index contributed by atoms with van der Waals surface area (Å²) in [5.41, 5.74) is 0. The monoisotopic (exact) mass is 392 g/mol. The van der Waals surface area contributed by atoms with E-state index in [9.17, 15) is 18.0 Å². The summed E-state index contributed by atoms with van der Waals surface area (Å²) in [6.07, 6.45) is 2.51. The third-order valence-electron chi connectivity index (χ3n) is 4.87. The third-order valence-corrected chi connectivity index (χ3v) is 7.92. The van der Waals surface area contributed by atoms with Crippen LogP contribution in [0.25, 0.3) is 0 Å². The molecule has 0 aromatic heterocycles. The largest absolute Gasteiger partial charge is 0.481 e. The number of carboxylic acid groups (broad SMARTS) is 1. The molecule has 2 heterocycles. The highest BCUT2D eigenvalue weighted by atomic mass is 32.2. The number of carbonyl (C=O) groups excluding carboxylic acids is 1. The molecule has 0 radical (unpaired) electrons. The van der Waals surface area contributed by atoms with Crippen molar-refractivity contribution in [3.8, 4) is 0 Å². The van der Waals surface area contributed by atoms with Gasteiger partial charge in [-0.1, -0.05) is 13.3 Å². The average Bonchev–Trinajstić information content (AvgIpc) is 2.59. The lowest BCUT2D eigenvalue weighted by Crippen LogP contribution is -2.51. The second-order valence-corrected chi connectivity index (χ2v) is 9.94. The molecule has 2 aliphatic rings. The molecule has 0 spiro atoms. The van der Waals surface area contributed by atoms with E-state index < -0.39 is 16.0 Å². The van der Waals surface area contributed by atoms with Gasteiger partial charge in [0.1, 0.15) is 0 Å². The summed E-state index contributed by atoms with van der Waals surface area (Å²) in [6.45, 7) is 3.31. The Hall–Kier alpha value is -0.800. The van der Waals surface area contributed by atoms with Crippen molar-refractivity contribution in [3.63, 3.8) is 0 Å². The molecule has 0 saturated carbocycles. The number of hydrogen-bond acceptors (Lipinski definition) is 5. The van der Waals surface area contributed by atoms with Crippen LogP contribution in [0.3, 0.4) is 0 Å². The summed E-state index contributed by atoms with van der Waals surface area (Å²) in [7, 11) is -3.22. The highest BCUT2D eigenvalue weighted by molar-refractivity contribution is 7.99. The molecule has 25 heavy (non-hydrogen) atoms. The molecule has 2 fully saturated rings. The number of aliphatic carboxylic acids is 1.